The highest BCUT2D eigenvalue weighted by atomic mass is 127. The number of likely N-dealkylation sites (tertiary alicyclic amines) is 1. The van der Waals surface area contributed by atoms with Crippen LogP contribution in [0.25, 0.3) is 0 Å². The monoisotopic (exact) mass is 487 g/mol. The summed E-state index contributed by atoms with van der Waals surface area (Å²) in [5, 5.41) is 3.24. The number of carbonyl (C=O) groups is 1. The summed E-state index contributed by atoms with van der Waals surface area (Å²) in [6.45, 7) is 6.26. The fourth-order valence-corrected chi connectivity index (χ4v) is 3.29. The van der Waals surface area contributed by atoms with E-state index in [2.05, 4.69) is 41.2 Å². The zero-order valence-corrected chi connectivity index (χ0v) is 19.3. The predicted molar refractivity (Wildman–Crippen MR) is 123 cm³/mol. The van der Waals surface area contributed by atoms with Gasteiger partial charge in [0.2, 0.25) is 5.91 Å². The fourth-order valence-electron chi connectivity index (χ4n) is 3.29. The molecule has 0 radical (unpaired) electrons. The highest BCUT2D eigenvalue weighted by Gasteiger charge is 2.25. The third-order valence-corrected chi connectivity index (χ3v) is 4.90. The molecule has 1 N–H and O–H groups in total. The van der Waals surface area contributed by atoms with Crippen molar-refractivity contribution in [1.29, 1.82) is 0 Å². The van der Waals surface area contributed by atoms with Crippen molar-refractivity contribution in [3.8, 4) is 0 Å². The third kappa shape index (κ3) is 7.65. The first kappa shape index (κ1) is 23.7. The summed E-state index contributed by atoms with van der Waals surface area (Å²) in [5.74, 6) is 0.828. The van der Waals surface area contributed by atoms with Gasteiger partial charge < -0.3 is 15.1 Å². The number of nitrogens with one attached hydrogen (secondary N) is 1. The molecule has 7 heteroatoms. The molecule has 1 saturated heterocycles. The summed E-state index contributed by atoms with van der Waals surface area (Å²) in [4.78, 5) is 23.0. The Hall–Kier alpha value is -1.35. The van der Waals surface area contributed by atoms with Crippen LogP contribution in [0.4, 0.5) is 0 Å². The van der Waals surface area contributed by atoms with Gasteiger partial charge in [0.15, 0.2) is 5.96 Å². The minimum Gasteiger partial charge on any atom is -0.347 e. The van der Waals surface area contributed by atoms with Gasteiger partial charge in [0, 0.05) is 33.7 Å². The smallest absolute Gasteiger partial charge is 0.241 e. The summed E-state index contributed by atoms with van der Waals surface area (Å²) in [6.07, 6.45) is 2.48. The summed E-state index contributed by atoms with van der Waals surface area (Å²) in [7, 11) is 5.60. The molecule has 152 valence electrons. The molecular formula is C20H34IN5O. The van der Waals surface area contributed by atoms with E-state index in [1.165, 1.54) is 19.4 Å². The highest BCUT2D eigenvalue weighted by molar-refractivity contribution is 14.0. The third-order valence-electron chi connectivity index (χ3n) is 4.90. The second-order valence-corrected chi connectivity index (χ2v) is 7.07. The van der Waals surface area contributed by atoms with Crippen molar-refractivity contribution in [2.75, 3.05) is 47.3 Å². The molecule has 1 unspecified atom stereocenters. The van der Waals surface area contributed by atoms with Gasteiger partial charge >= 0.3 is 0 Å². The summed E-state index contributed by atoms with van der Waals surface area (Å²) in [5.41, 5.74) is 1.16. The van der Waals surface area contributed by atoms with Crippen LogP contribution in [-0.2, 0) is 11.3 Å². The van der Waals surface area contributed by atoms with Gasteiger partial charge in [-0.05, 0) is 31.5 Å². The average molecular weight is 487 g/mol. The van der Waals surface area contributed by atoms with E-state index in [0.29, 0.717) is 12.6 Å². The molecule has 1 heterocycles. The Morgan fingerprint density at radius 1 is 1.26 bits per heavy atom. The molecule has 1 atom stereocenters. The lowest BCUT2D eigenvalue weighted by atomic mass is 10.2. The second-order valence-electron chi connectivity index (χ2n) is 7.07. The van der Waals surface area contributed by atoms with E-state index in [0.717, 1.165) is 24.6 Å². The molecule has 1 aliphatic rings. The first-order valence-corrected chi connectivity index (χ1v) is 9.48. The predicted octanol–water partition coefficient (Wildman–Crippen LogP) is 2.25. The van der Waals surface area contributed by atoms with Crippen molar-refractivity contribution in [3.63, 3.8) is 0 Å². The molecule has 1 aliphatic heterocycles. The summed E-state index contributed by atoms with van der Waals surface area (Å²) < 4.78 is 0. The number of halogens is 1. The molecule has 2 rings (SSSR count). The van der Waals surface area contributed by atoms with Gasteiger partial charge in [-0.1, -0.05) is 37.3 Å². The number of aliphatic imine (C=N–C) groups is 1. The zero-order valence-electron chi connectivity index (χ0n) is 17.0. The van der Waals surface area contributed by atoms with E-state index in [1.807, 2.05) is 18.2 Å². The van der Waals surface area contributed by atoms with Gasteiger partial charge in [-0.3, -0.25) is 9.69 Å². The summed E-state index contributed by atoms with van der Waals surface area (Å²) in [6, 6.07) is 10.7. The maximum Gasteiger partial charge on any atom is 0.241 e. The van der Waals surface area contributed by atoms with E-state index in [9.17, 15) is 4.79 Å². The molecule has 0 aliphatic carbocycles. The average Bonchev–Trinajstić information content (AvgIpc) is 3.09. The van der Waals surface area contributed by atoms with Gasteiger partial charge in [0.1, 0.15) is 0 Å². The largest absolute Gasteiger partial charge is 0.347 e. The van der Waals surface area contributed by atoms with Crippen molar-refractivity contribution in [2.45, 2.75) is 32.4 Å². The molecule has 6 nitrogen and oxygen atoms in total. The van der Waals surface area contributed by atoms with Gasteiger partial charge in [-0.25, -0.2) is 4.99 Å². The number of hydrogen-bond acceptors (Lipinski definition) is 3. The fraction of sp³-hybridized carbons (Fsp3) is 0.600. The Balaban J connectivity index is 0.00000364. The van der Waals surface area contributed by atoms with Crippen LogP contribution in [0.3, 0.4) is 0 Å². The number of likely N-dealkylation sites (N-methyl/N-ethyl adjacent to an activating group) is 3. The van der Waals surface area contributed by atoms with Crippen LogP contribution in [0.15, 0.2) is 35.3 Å². The van der Waals surface area contributed by atoms with Gasteiger partial charge in [-0.15, -0.1) is 24.0 Å². The van der Waals surface area contributed by atoms with Crippen LogP contribution in [0, 0.1) is 0 Å². The quantitative estimate of drug-likeness (QED) is 0.364. The number of benzene rings is 1. The lowest BCUT2D eigenvalue weighted by Gasteiger charge is -2.30. The van der Waals surface area contributed by atoms with E-state index >= 15 is 0 Å². The Kier molecular flexibility index (Phi) is 10.7. The van der Waals surface area contributed by atoms with Crippen LogP contribution in [0.1, 0.15) is 25.3 Å². The maximum atomic E-state index is 12.0. The molecule has 27 heavy (non-hydrogen) atoms. The molecular weight excluding hydrogens is 453 g/mol. The molecule has 0 spiro atoms. The van der Waals surface area contributed by atoms with Crippen molar-refractivity contribution < 1.29 is 4.79 Å². The number of carbonyl (C=O) groups excluding carboxylic acids is 1. The van der Waals surface area contributed by atoms with Gasteiger partial charge in [-0.2, -0.15) is 0 Å². The topological polar surface area (TPSA) is 51.2 Å². The zero-order chi connectivity index (χ0) is 18.9. The SMILES string of the molecule is CCN1CCCC1CN(C)C(=NCc1ccccc1)NCC(=O)N(C)C.I. The normalized spacial score (nSPS) is 17.3. The Morgan fingerprint density at radius 2 is 1.96 bits per heavy atom. The van der Waals surface area contributed by atoms with Crippen LogP contribution < -0.4 is 5.32 Å². The molecule has 0 saturated carbocycles. The van der Waals surface area contributed by atoms with Crippen LogP contribution >= 0.6 is 24.0 Å². The Morgan fingerprint density at radius 3 is 2.59 bits per heavy atom. The standard InChI is InChI=1S/C20H33N5O.HI/c1-5-25-13-9-12-18(25)16-24(4)20(22-15-19(26)23(2)3)21-14-17-10-7-6-8-11-17;/h6-8,10-11,18H,5,9,12-16H2,1-4H3,(H,21,22);1H. The van der Waals surface area contributed by atoms with Crippen LogP contribution in [-0.4, -0.2) is 79.9 Å². The van der Waals surface area contributed by atoms with E-state index in [1.54, 1.807) is 19.0 Å². The molecule has 1 aromatic carbocycles. The highest BCUT2D eigenvalue weighted by Crippen LogP contribution is 2.17. The first-order valence-electron chi connectivity index (χ1n) is 9.48. The molecule has 0 bridgehead atoms. The van der Waals surface area contributed by atoms with Crippen LogP contribution in [0.2, 0.25) is 0 Å². The van der Waals surface area contributed by atoms with Crippen molar-refractivity contribution >= 4 is 35.8 Å². The van der Waals surface area contributed by atoms with E-state index in [4.69, 9.17) is 4.99 Å². The minimum atomic E-state index is 0. The number of nitrogens with zero attached hydrogens (tertiary/aromatic N) is 4. The number of guanidine groups is 1. The first-order chi connectivity index (χ1) is 12.5. The Labute approximate surface area is 181 Å². The van der Waals surface area contributed by atoms with Crippen molar-refractivity contribution in [2.24, 2.45) is 4.99 Å². The molecule has 1 aromatic rings. The van der Waals surface area contributed by atoms with Gasteiger partial charge in [0.25, 0.3) is 0 Å². The van der Waals surface area contributed by atoms with E-state index < -0.39 is 0 Å². The molecule has 0 aromatic heterocycles. The second kappa shape index (κ2) is 12.2. The molecule has 1 amide bonds. The van der Waals surface area contributed by atoms with Crippen LogP contribution in [0.5, 0.6) is 0 Å². The minimum absolute atomic E-state index is 0. The van der Waals surface area contributed by atoms with Crippen molar-refractivity contribution in [3.05, 3.63) is 35.9 Å². The lowest BCUT2D eigenvalue weighted by Crippen LogP contribution is -2.48. The van der Waals surface area contributed by atoms with Gasteiger partial charge in [0.05, 0.1) is 13.1 Å². The van der Waals surface area contributed by atoms with E-state index in [-0.39, 0.29) is 36.4 Å². The Bertz CT molecular complexity index is 593. The van der Waals surface area contributed by atoms with Crippen molar-refractivity contribution in [1.82, 2.24) is 20.0 Å². The summed E-state index contributed by atoms with van der Waals surface area (Å²) >= 11 is 0. The number of hydrogen-bond donors (Lipinski definition) is 1. The number of amides is 1. The lowest BCUT2D eigenvalue weighted by molar-refractivity contribution is -0.127. The molecule has 1 fully saturated rings. The number of rotatable bonds is 7. The maximum absolute atomic E-state index is 12.0.